The second kappa shape index (κ2) is 9.22. The number of halogens is 1. The number of nitrogens with one attached hydrogen (secondary N) is 1. The lowest BCUT2D eigenvalue weighted by molar-refractivity contribution is -0.385. The van der Waals surface area contributed by atoms with E-state index in [1.165, 1.54) is 0 Å². The lowest BCUT2D eigenvalue weighted by Gasteiger charge is -2.14. The summed E-state index contributed by atoms with van der Waals surface area (Å²) in [5.41, 5.74) is 1.78. The fourth-order valence-corrected chi connectivity index (χ4v) is 2.61. The van der Waals surface area contributed by atoms with E-state index in [0.29, 0.717) is 29.6 Å². The number of benzene rings is 1. The molecule has 0 aliphatic heterocycles. The van der Waals surface area contributed by atoms with Gasteiger partial charge in [-0.1, -0.05) is 24.6 Å². The van der Waals surface area contributed by atoms with Crippen molar-refractivity contribution in [3.63, 3.8) is 0 Å². The highest BCUT2D eigenvalue weighted by Crippen LogP contribution is 2.39. The smallest absolute Gasteiger partial charge is 0.354 e. The van der Waals surface area contributed by atoms with Crippen LogP contribution in [-0.2, 0) is 0 Å². The van der Waals surface area contributed by atoms with Crippen molar-refractivity contribution < 1.29 is 9.66 Å². The molecule has 0 spiro atoms. The number of alkyl halides is 1. The Balaban J connectivity index is 2.31. The first-order valence-corrected chi connectivity index (χ1v) is 8.76. The number of aromatic nitrogens is 1. The molecule has 1 N–H and O–H groups in total. The van der Waals surface area contributed by atoms with Gasteiger partial charge in [0.05, 0.1) is 4.92 Å². The number of nitro groups is 1. The molecule has 0 atom stereocenters. The Hall–Kier alpha value is -2.34. The van der Waals surface area contributed by atoms with Gasteiger partial charge in [-0.25, -0.2) is 4.98 Å². The number of nitrogens with zero attached hydrogens (tertiary/aromatic N) is 2. The van der Waals surface area contributed by atoms with Gasteiger partial charge in [0.1, 0.15) is 11.4 Å². The van der Waals surface area contributed by atoms with Gasteiger partial charge in [0.15, 0.2) is 0 Å². The van der Waals surface area contributed by atoms with E-state index in [4.69, 9.17) is 16.3 Å². The third-order valence-corrected chi connectivity index (χ3v) is 4.15. The summed E-state index contributed by atoms with van der Waals surface area (Å²) in [6.07, 6.45) is 2.79. The van der Waals surface area contributed by atoms with Crippen LogP contribution in [-0.4, -0.2) is 22.3 Å². The Morgan fingerprint density at radius 2 is 1.92 bits per heavy atom. The predicted octanol–water partition coefficient (Wildman–Crippen LogP) is 5.22. The summed E-state index contributed by atoms with van der Waals surface area (Å²) >= 11 is 5.67. The highest BCUT2D eigenvalue weighted by atomic mass is 35.5. The minimum Gasteiger partial charge on any atom is -0.434 e. The first kappa shape index (κ1) is 19.0. The van der Waals surface area contributed by atoms with Gasteiger partial charge in [-0.05, 0) is 38.8 Å². The average Bonchev–Trinajstić information content (AvgIpc) is 2.59. The van der Waals surface area contributed by atoms with Gasteiger partial charge in [0, 0.05) is 23.7 Å². The molecule has 0 radical (unpaired) electrons. The molecule has 0 saturated heterocycles. The second-order valence-corrected chi connectivity index (χ2v) is 6.08. The Labute approximate surface area is 152 Å². The number of pyridine rings is 1. The van der Waals surface area contributed by atoms with Crippen molar-refractivity contribution in [2.45, 2.75) is 33.1 Å². The quantitative estimate of drug-likeness (QED) is 0.286. The first-order valence-electron chi connectivity index (χ1n) is 8.23. The summed E-state index contributed by atoms with van der Waals surface area (Å²) in [6, 6.07) is 8.93. The van der Waals surface area contributed by atoms with Crippen LogP contribution in [0.2, 0.25) is 0 Å². The Morgan fingerprint density at radius 3 is 2.56 bits per heavy atom. The van der Waals surface area contributed by atoms with Crippen molar-refractivity contribution in [3.05, 3.63) is 51.7 Å². The molecule has 2 aromatic rings. The standard InChI is InChI=1S/C18H22ClN3O3/c1-13-14(2)21-18(25-15-9-5-3-6-10-15)17(22(23)24)16(13)20-12-8-4-7-11-19/h3,5-6,9-10H,4,7-8,11-12H2,1-2H3,(H,20,21). The van der Waals surface area contributed by atoms with Gasteiger partial charge >= 0.3 is 11.6 Å². The van der Waals surface area contributed by atoms with Gasteiger partial charge in [-0.3, -0.25) is 10.1 Å². The van der Waals surface area contributed by atoms with Crippen LogP contribution in [0.4, 0.5) is 11.4 Å². The molecule has 7 heteroatoms. The highest BCUT2D eigenvalue weighted by Gasteiger charge is 2.27. The van der Waals surface area contributed by atoms with E-state index in [9.17, 15) is 10.1 Å². The molecular formula is C18H22ClN3O3. The second-order valence-electron chi connectivity index (χ2n) is 5.70. The van der Waals surface area contributed by atoms with Crippen LogP contribution >= 0.6 is 11.6 Å². The topological polar surface area (TPSA) is 77.3 Å². The fourth-order valence-electron chi connectivity index (χ4n) is 2.42. The summed E-state index contributed by atoms with van der Waals surface area (Å²) in [6.45, 7) is 4.27. The molecular weight excluding hydrogens is 342 g/mol. The maximum absolute atomic E-state index is 11.7. The van der Waals surface area contributed by atoms with Crippen LogP contribution in [0.5, 0.6) is 11.6 Å². The van der Waals surface area contributed by atoms with Crippen molar-refractivity contribution in [1.82, 2.24) is 4.98 Å². The maximum Gasteiger partial charge on any atom is 0.354 e. The third kappa shape index (κ3) is 5.06. The van der Waals surface area contributed by atoms with Gasteiger partial charge in [-0.15, -0.1) is 11.6 Å². The number of anilines is 1. The lowest BCUT2D eigenvalue weighted by atomic mass is 10.1. The van der Waals surface area contributed by atoms with Crippen molar-refractivity contribution in [1.29, 1.82) is 0 Å². The number of rotatable bonds is 9. The molecule has 0 aliphatic carbocycles. The zero-order chi connectivity index (χ0) is 18.2. The van der Waals surface area contributed by atoms with E-state index in [2.05, 4.69) is 10.3 Å². The van der Waals surface area contributed by atoms with Crippen LogP contribution in [0.1, 0.15) is 30.5 Å². The number of ether oxygens (including phenoxy) is 1. The first-order chi connectivity index (χ1) is 12.0. The molecule has 134 valence electrons. The lowest BCUT2D eigenvalue weighted by Crippen LogP contribution is -2.09. The van der Waals surface area contributed by atoms with Crippen molar-refractivity contribution in [2.24, 2.45) is 0 Å². The van der Waals surface area contributed by atoms with Crippen LogP contribution in [0.15, 0.2) is 30.3 Å². The summed E-state index contributed by atoms with van der Waals surface area (Å²) < 4.78 is 5.68. The van der Waals surface area contributed by atoms with E-state index in [1.807, 2.05) is 19.9 Å². The van der Waals surface area contributed by atoms with E-state index in [0.717, 1.165) is 24.8 Å². The molecule has 2 rings (SSSR count). The molecule has 1 heterocycles. The number of hydrogen-bond donors (Lipinski definition) is 1. The van der Waals surface area contributed by atoms with E-state index in [1.54, 1.807) is 24.3 Å². The van der Waals surface area contributed by atoms with Crippen LogP contribution in [0.3, 0.4) is 0 Å². The average molecular weight is 364 g/mol. The highest BCUT2D eigenvalue weighted by molar-refractivity contribution is 6.17. The predicted molar refractivity (Wildman–Crippen MR) is 99.9 cm³/mol. The largest absolute Gasteiger partial charge is 0.434 e. The van der Waals surface area contributed by atoms with Crippen LogP contribution in [0, 0.1) is 24.0 Å². The zero-order valence-electron chi connectivity index (χ0n) is 14.4. The van der Waals surface area contributed by atoms with E-state index >= 15 is 0 Å². The van der Waals surface area contributed by atoms with E-state index < -0.39 is 4.92 Å². The maximum atomic E-state index is 11.7. The number of hydrogen-bond acceptors (Lipinski definition) is 5. The van der Waals surface area contributed by atoms with E-state index in [-0.39, 0.29) is 11.6 Å². The monoisotopic (exact) mass is 363 g/mol. The SMILES string of the molecule is Cc1nc(Oc2ccccc2)c([N+](=O)[O-])c(NCCCCCCl)c1C. The zero-order valence-corrected chi connectivity index (χ0v) is 15.2. The van der Waals surface area contributed by atoms with Gasteiger partial charge in [0.25, 0.3) is 0 Å². The Kier molecular flexibility index (Phi) is 7.01. The molecule has 25 heavy (non-hydrogen) atoms. The number of para-hydroxylation sites is 1. The van der Waals surface area contributed by atoms with Gasteiger partial charge in [-0.2, -0.15) is 0 Å². The van der Waals surface area contributed by atoms with Crippen LogP contribution in [0.25, 0.3) is 0 Å². The molecule has 1 aromatic carbocycles. The van der Waals surface area contributed by atoms with Crippen molar-refractivity contribution in [2.75, 3.05) is 17.7 Å². The summed E-state index contributed by atoms with van der Waals surface area (Å²) in [5, 5.41) is 14.8. The normalized spacial score (nSPS) is 10.5. The molecule has 0 unspecified atom stereocenters. The fraction of sp³-hybridized carbons (Fsp3) is 0.389. The van der Waals surface area contributed by atoms with Crippen molar-refractivity contribution in [3.8, 4) is 11.6 Å². The molecule has 0 fully saturated rings. The molecule has 0 bridgehead atoms. The minimum atomic E-state index is -0.446. The van der Waals surface area contributed by atoms with Gasteiger partial charge < -0.3 is 10.1 Å². The van der Waals surface area contributed by atoms with Crippen molar-refractivity contribution >= 4 is 23.0 Å². The molecule has 0 amide bonds. The minimum absolute atomic E-state index is 0.00237. The molecule has 0 aliphatic rings. The summed E-state index contributed by atoms with van der Waals surface area (Å²) in [7, 11) is 0. The molecule has 6 nitrogen and oxygen atoms in total. The Bertz CT molecular complexity index is 723. The van der Waals surface area contributed by atoms with Crippen LogP contribution < -0.4 is 10.1 Å². The molecule has 1 aromatic heterocycles. The third-order valence-electron chi connectivity index (χ3n) is 3.88. The van der Waals surface area contributed by atoms with Gasteiger partial charge in [0.2, 0.25) is 0 Å². The number of aryl methyl sites for hydroxylation is 1. The summed E-state index contributed by atoms with van der Waals surface area (Å²) in [5.74, 6) is 1.14. The number of unbranched alkanes of at least 4 members (excludes halogenated alkanes) is 2. The summed E-state index contributed by atoms with van der Waals surface area (Å²) in [4.78, 5) is 15.5. The molecule has 0 saturated carbocycles. The Morgan fingerprint density at radius 1 is 1.20 bits per heavy atom.